The first-order chi connectivity index (χ1) is 20.8. The molecule has 10 heteroatoms. The number of carbonyl (C=O) groups excluding carboxylic acids is 1. The molecule has 43 heavy (non-hydrogen) atoms. The standard InChI is InChI=1S/C19H23ClN2O2S.C14H11ClO3/c1-2-3-4-5-6-10-13-25-19(23)24-16-14-17(20)21-22-18(16)15-11-8-7-9-12-15;15-12-9-5-4-8-11(12)14(18,13(16)17)10-6-2-1-3-7-10/h7-9,11-12,14H,2-6,10,13H2,1H3;1-9,18H,(H,16,17). The van der Waals surface area contributed by atoms with Gasteiger partial charge in [0.1, 0.15) is 5.69 Å². The fourth-order valence-electron chi connectivity index (χ4n) is 4.21. The Morgan fingerprint density at radius 1 is 0.837 bits per heavy atom. The number of thioether (sulfide) groups is 1. The molecule has 0 aliphatic rings. The highest BCUT2D eigenvalue weighted by Gasteiger charge is 2.41. The average Bonchev–Trinajstić information content (AvgIpc) is 3.01. The molecule has 2 N–H and O–H groups in total. The van der Waals surface area contributed by atoms with Crippen LogP contribution in [0.1, 0.15) is 56.6 Å². The van der Waals surface area contributed by atoms with Gasteiger partial charge in [0.25, 0.3) is 0 Å². The third-order valence-electron chi connectivity index (χ3n) is 6.45. The molecule has 0 spiro atoms. The SMILES string of the molecule is CCCCCCCCSC(=O)Oc1cc(Cl)nnc1-c1ccccc1.O=C(O)C(O)(c1ccccc1)c1ccccc1Cl. The van der Waals surface area contributed by atoms with Crippen molar-refractivity contribution in [2.45, 2.75) is 51.0 Å². The number of carboxylic acids is 1. The van der Waals surface area contributed by atoms with Gasteiger partial charge in [-0.2, -0.15) is 0 Å². The summed E-state index contributed by atoms with van der Waals surface area (Å²) in [5.74, 6) is -0.258. The molecule has 0 bridgehead atoms. The van der Waals surface area contributed by atoms with Crippen molar-refractivity contribution >= 4 is 46.2 Å². The molecule has 7 nitrogen and oxygen atoms in total. The first kappa shape index (κ1) is 34.1. The number of aromatic nitrogens is 2. The van der Waals surface area contributed by atoms with Gasteiger partial charge in [-0.05, 0) is 29.8 Å². The zero-order chi connectivity index (χ0) is 31.1. The van der Waals surface area contributed by atoms with Crippen LogP contribution < -0.4 is 4.74 Å². The van der Waals surface area contributed by atoms with Crippen molar-refractivity contribution in [3.8, 4) is 17.0 Å². The van der Waals surface area contributed by atoms with Crippen LogP contribution >= 0.6 is 35.0 Å². The van der Waals surface area contributed by atoms with Gasteiger partial charge in [0, 0.05) is 28.0 Å². The molecular formula is C33H34Cl2N2O5S. The van der Waals surface area contributed by atoms with Gasteiger partial charge in [-0.1, -0.05) is 141 Å². The third kappa shape index (κ3) is 10.1. The van der Waals surface area contributed by atoms with Gasteiger partial charge in [0.05, 0.1) is 0 Å². The molecule has 4 rings (SSSR count). The van der Waals surface area contributed by atoms with Crippen LogP contribution in [0, 0.1) is 0 Å². The summed E-state index contributed by atoms with van der Waals surface area (Å²) in [5.41, 5.74) is -0.371. The van der Waals surface area contributed by atoms with Crippen LogP contribution in [-0.4, -0.2) is 37.4 Å². The number of ether oxygens (including phenoxy) is 1. The molecule has 4 aromatic rings. The minimum Gasteiger partial charge on any atom is -0.479 e. The summed E-state index contributed by atoms with van der Waals surface area (Å²) in [6, 6.07) is 25.6. The van der Waals surface area contributed by atoms with Crippen LogP contribution in [0.2, 0.25) is 10.2 Å². The molecule has 1 unspecified atom stereocenters. The number of hydrogen-bond donors (Lipinski definition) is 2. The Morgan fingerprint density at radius 3 is 2.09 bits per heavy atom. The first-order valence-electron chi connectivity index (χ1n) is 14.0. The molecule has 0 aliphatic carbocycles. The van der Waals surface area contributed by atoms with E-state index in [2.05, 4.69) is 17.1 Å². The number of nitrogens with zero attached hydrogens (tertiary/aromatic N) is 2. The van der Waals surface area contributed by atoms with Crippen LogP contribution in [0.5, 0.6) is 5.75 Å². The van der Waals surface area contributed by atoms with E-state index in [0.717, 1.165) is 24.2 Å². The van der Waals surface area contributed by atoms with Crippen molar-refractivity contribution in [1.29, 1.82) is 0 Å². The topological polar surface area (TPSA) is 110 Å². The zero-order valence-corrected chi connectivity index (χ0v) is 26.1. The Balaban J connectivity index is 0.000000248. The minimum atomic E-state index is -2.14. The van der Waals surface area contributed by atoms with Gasteiger partial charge in [0.15, 0.2) is 10.9 Å². The van der Waals surface area contributed by atoms with Gasteiger partial charge >= 0.3 is 11.3 Å². The smallest absolute Gasteiger partial charge is 0.372 e. The monoisotopic (exact) mass is 640 g/mol. The molecule has 0 aliphatic heterocycles. The normalized spacial score (nSPS) is 12.0. The van der Waals surface area contributed by atoms with E-state index in [1.54, 1.807) is 48.5 Å². The summed E-state index contributed by atoms with van der Waals surface area (Å²) in [7, 11) is 0. The third-order valence-corrected chi connectivity index (χ3v) is 7.78. The van der Waals surface area contributed by atoms with E-state index < -0.39 is 11.6 Å². The maximum atomic E-state index is 12.1. The highest BCUT2D eigenvalue weighted by Crippen LogP contribution is 2.34. The number of carbonyl (C=O) groups is 2. The Morgan fingerprint density at radius 2 is 1.44 bits per heavy atom. The fraction of sp³-hybridized carbons (Fsp3) is 0.273. The molecule has 1 atom stereocenters. The predicted molar refractivity (Wildman–Crippen MR) is 173 cm³/mol. The summed E-state index contributed by atoms with van der Waals surface area (Å²) in [4.78, 5) is 23.6. The van der Waals surface area contributed by atoms with Crippen molar-refractivity contribution in [3.63, 3.8) is 0 Å². The molecular weight excluding hydrogens is 607 g/mol. The van der Waals surface area contributed by atoms with Crippen molar-refractivity contribution in [3.05, 3.63) is 112 Å². The summed E-state index contributed by atoms with van der Waals surface area (Å²) in [6.07, 6.45) is 7.20. The number of aliphatic hydroxyl groups is 1. The molecule has 0 amide bonds. The van der Waals surface area contributed by atoms with Crippen molar-refractivity contribution in [1.82, 2.24) is 10.2 Å². The number of aliphatic carboxylic acids is 1. The van der Waals surface area contributed by atoms with E-state index >= 15 is 0 Å². The molecule has 0 saturated carbocycles. The second-order valence-corrected chi connectivity index (χ2v) is 11.4. The molecule has 0 saturated heterocycles. The summed E-state index contributed by atoms with van der Waals surface area (Å²) >= 11 is 13.1. The Bertz CT molecular complexity index is 1460. The Kier molecular flexibility index (Phi) is 14.0. The van der Waals surface area contributed by atoms with E-state index in [-0.39, 0.29) is 26.6 Å². The quantitative estimate of drug-likeness (QED) is 0.117. The maximum absolute atomic E-state index is 12.1. The number of hydrogen-bond acceptors (Lipinski definition) is 7. The molecule has 226 valence electrons. The lowest BCUT2D eigenvalue weighted by Gasteiger charge is -2.25. The zero-order valence-electron chi connectivity index (χ0n) is 23.8. The predicted octanol–water partition coefficient (Wildman–Crippen LogP) is 9.05. The Hall–Kier alpha value is -3.43. The van der Waals surface area contributed by atoms with Crippen molar-refractivity contribution in [2.75, 3.05) is 5.75 Å². The van der Waals surface area contributed by atoms with Gasteiger partial charge in [-0.25, -0.2) is 9.59 Å². The molecule has 3 aromatic carbocycles. The number of benzene rings is 3. The number of carboxylic acid groups (broad SMARTS) is 1. The van der Waals surface area contributed by atoms with Crippen LogP contribution in [0.15, 0.2) is 91.0 Å². The van der Waals surface area contributed by atoms with Gasteiger partial charge in [0.2, 0.25) is 5.60 Å². The van der Waals surface area contributed by atoms with Gasteiger partial charge < -0.3 is 14.9 Å². The summed E-state index contributed by atoms with van der Waals surface area (Å²) < 4.78 is 5.46. The summed E-state index contributed by atoms with van der Waals surface area (Å²) in [5, 5.41) is 27.9. The largest absolute Gasteiger partial charge is 0.479 e. The van der Waals surface area contributed by atoms with E-state index in [0.29, 0.717) is 11.4 Å². The fourth-order valence-corrected chi connectivity index (χ4v) is 5.28. The summed E-state index contributed by atoms with van der Waals surface area (Å²) in [6.45, 7) is 2.20. The minimum absolute atomic E-state index is 0.158. The van der Waals surface area contributed by atoms with E-state index in [1.165, 1.54) is 49.6 Å². The number of unbranched alkanes of at least 4 members (excludes halogenated alkanes) is 5. The Labute approximate surface area is 266 Å². The average molecular weight is 642 g/mol. The van der Waals surface area contributed by atoms with Crippen molar-refractivity contribution < 1.29 is 24.5 Å². The lowest BCUT2D eigenvalue weighted by atomic mass is 9.86. The van der Waals surface area contributed by atoms with Crippen LogP contribution in [-0.2, 0) is 10.4 Å². The highest BCUT2D eigenvalue weighted by atomic mass is 35.5. The van der Waals surface area contributed by atoms with Gasteiger partial charge in [-0.3, -0.25) is 0 Å². The van der Waals surface area contributed by atoms with Crippen LogP contribution in [0.3, 0.4) is 0 Å². The molecule has 0 radical (unpaired) electrons. The highest BCUT2D eigenvalue weighted by molar-refractivity contribution is 8.13. The lowest BCUT2D eigenvalue weighted by molar-refractivity contribution is -0.155. The van der Waals surface area contributed by atoms with E-state index in [4.69, 9.17) is 27.9 Å². The number of halogens is 2. The number of rotatable bonds is 12. The molecule has 1 aromatic heterocycles. The molecule has 0 fully saturated rings. The lowest BCUT2D eigenvalue weighted by Crippen LogP contribution is -2.37. The molecule has 1 heterocycles. The second kappa shape index (κ2) is 17.6. The van der Waals surface area contributed by atoms with Crippen molar-refractivity contribution in [2.24, 2.45) is 0 Å². The first-order valence-corrected chi connectivity index (χ1v) is 15.7. The maximum Gasteiger partial charge on any atom is 0.372 e. The van der Waals surface area contributed by atoms with Crippen LogP contribution in [0.4, 0.5) is 4.79 Å². The van der Waals surface area contributed by atoms with E-state index in [9.17, 15) is 19.8 Å². The van der Waals surface area contributed by atoms with E-state index in [1.807, 2.05) is 30.3 Å². The van der Waals surface area contributed by atoms with Crippen LogP contribution in [0.25, 0.3) is 11.3 Å². The second-order valence-electron chi connectivity index (χ2n) is 9.58. The van der Waals surface area contributed by atoms with Gasteiger partial charge in [-0.15, -0.1) is 10.2 Å².